The topological polar surface area (TPSA) is 88.3 Å². The first kappa shape index (κ1) is 12.8. The summed E-state index contributed by atoms with van der Waals surface area (Å²) in [7, 11) is 0. The van der Waals surface area contributed by atoms with E-state index in [0.29, 0.717) is 5.69 Å². The van der Waals surface area contributed by atoms with E-state index < -0.39 is 11.0 Å². The van der Waals surface area contributed by atoms with Gasteiger partial charge in [-0.05, 0) is 18.9 Å². The van der Waals surface area contributed by atoms with Crippen LogP contribution in [0.4, 0.5) is 11.4 Å². The van der Waals surface area contributed by atoms with Crippen molar-refractivity contribution in [2.24, 2.45) is 0 Å². The van der Waals surface area contributed by atoms with Crippen LogP contribution in [0.3, 0.4) is 0 Å². The molecule has 0 bridgehead atoms. The predicted octanol–water partition coefficient (Wildman–Crippen LogP) is 2.10. The standard InChI is InChI=1S/C12H17N3O3/c16-12-5-3-1-2-4-10(12)14-9-6-7-13-8-11(9)15(17)18/h6-8,10,12,16H,1-5H2,(H,13,14). The quantitative estimate of drug-likeness (QED) is 0.488. The molecule has 18 heavy (non-hydrogen) atoms. The second-order valence-electron chi connectivity index (χ2n) is 4.61. The minimum Gasteiger partial charge on any atom is -0.391 e. The van der Waals surface area contributed by atoms with Crippen molar-refractivity contribution in [1.29, 1.82) is 0 Å². The third-order valence-electron chi connectivity index (χ3n) is 3.32. The lowest BCUT2D eigenvalue weighted by Gasteiger charge is -2.22. The molecule has 2 rings (SSSR count). The van der Waals surface area contributed by atoms with Crippen molar-refractivity contribution in [2.45, 2.75) is 44.2 Å². The van der Waals surface area contributed by atoms with Crippen molar-refractivity contribution in [2.75, 3.05) is 5.32 Å². The van der Waals surface area contributed by atoms with E-state index in [-0.39, 0.29) is 11.7 Å². The fourth-order valence-corrected chi connectivity index (χ4v) is 2.31. The van der Waals surface area contributed by atoms with Crippen LogP contribution in [0.5, 0.6) is 0 Å². The number of anilines is 1. The summed E-state index contributed by atoms with van der Waals surface area (Å²) >= 11 is 0. The van der Waals surface area contributed by atoms with Crippen LogP contribution in [-0.4, -0.2) is 27.2 Å². The van der Waals surface area contributed by atoms with E-state index in [9.17, 15) is 15.2 Å². The first-order valence-corrected chi connectivity index (χ1v) is 6.21. The molecule has 1 fully saturated rings. The van der Waals surface area contributed by atoms with Crippen molar-refractivity contribution in [3.8, 4) is 0 Å². The molecule has 98 valence electrons. The Morgan fingerprint density at radius 1 is 1.39 bits per heavy atom. The van der Waals surface area contributed by atoms with Gasteiger partial charge < -0.3 is 10.4 Å². The summed E-state index contributed by atoms with van der Waals surface area (Å²) in [4.78, 5) is 14.2. The molecule has 0 spiro atoms. The number of hydrogen-bond donors (Lipinski definition) is 2. The van der Waals surface area contributed by atoms with Gasteiger partial charge in [-0.25, -0.2) is 0 Å². The summed E-state index contributed by atoms with van der Waals surface area (Å²) in [5.74, 6) is 0. The largest absolute Gasteiger partial charge is 0.391 e. The minimum atomic E-state index is -0.460. The number of nitrogens with one attached hydrogen (secondary N) is 1. The van der Waals surface area contributed by atoms with E-state index in [1.54, 1.807) is 6.07 Å². The average Bonchev–Trinajstić information content (AvgIpc) is 2.55. The highest BCUT2D eigenvalue weighted by molar-refractivity contribution is 5.60. The molecule has 0 aliphatic heterocycles. The number of pyridine rings is 1. The maximum atomic E-state index is 10.9. The highest BCUT2D eigenvalue weighted by Gasteiger charge is 2.24. The lowest BCUT2D eigenvalue weighted by molar-refractivity contribution is -0.384. The van der Waals surface area contributed by atoms with Gasteiger partial charge >= 0.3 is 5.69 Å². The van der Waals surface area contributed by atoms with Gasteiger partial charge in [0.25, 0.3) is 0 Å². The Balaban J connectivity index is 2.14. The molecule has 0 radical (unpaired) electrons. The zero-order valence-electron chi connectivity index (χ0n) is 10.1. The Bertz CT molecular complexity index is 425. The van der Waals surface area contributed by atoms with Gasteiger partial charge in [0.2, 0.25) is 0 Å². The summed E-state index contributed by atoms with van der Waals surface area (Å²) in [6.45, 7) is 0. The Labute approximate surface area is 105 Å². The zero-order valence-corrected chi connectivity index (χ0v) is 10.1. The Morgan fingerprint density at radius 3 is 2.94 bits per heavy atom. The molecule has 1 heterocycles. The normalized spacial score (nSPS) is 24.3. The summed E-state index contributed by atoms with van der Waals surface area (Å²) in [6, 6.07) is 1.46. The molecule has 0 amide bonds. The van der Waals surface area contributed by atoms with Crippen LogP contribution in [0.1, 0.15) is 32.1 Å². The van der Waals surface area contributed by atoms with Crippen LogP contribution in [0.25, 0.3) is 0 Å². The van der Waals surface area contributed by atoms with Gasteiger partial charge in [-0.2, -0.15) is 0 Å². The lowest BCUT2D eigenvalue weighted by Crippen LogP contribution is -2.32. The summed E-state index contributed by atoms with van der Waals surface area (Å²) in [5.41, 5.74) is 0.384. The van der Waals surface area contributed by atoms with Crippen molar-refractivity contribution in [1.82, 2.24) is 4.98 Å². The summed E-state index contributed by atoms with van der Waals surface area (Å²) in [5, 5.41) is 24.0. The van der Waals surface area contributed by atoms with Gasteiger partial charge in [-0.1, -0.05) is 19.3 Å². The monoisotopic (exact) mass is 251 g/mol. The van der Waals surface area contributed by atoms with Crippen molar-refractivity contribution >= 4 is 11.4 Å². The number of aliphatic hydroxyl groups is 1. The molecule has 1 aromatic heterocycles. The van der Waals surface area contributed by atoms with Gasteiger partial charge in [0.15, 0.2) is 0 Å². The van der Waals surface area contributed by atoms with Crippen molar-refractivity contribution in [3.05, 3.63) is 28.6 Å². The predicted molar refractivity (Wildman–Crippen MR) is 67.4 cm³/mol. The fourth-order valence-electron chi connectivity index (χ4n) is 2.31. The van der Waals surface area contributed by atoms with Crippen LogP contribution < -0.4 is 5.32 Å². The van der Waals surface area contributed by atoms with Crippen LogP contribution in [0.15, 0.2) is 18.5 Å². The van der Waals surface area contributed by atoms with Crippen LogP contribution >= 0.6 is 0 Å². The first-order chi connectivity index (χ1) is 8.68. The van der Waals surface area contributed by atoms with Gasteiger partial charge in [0.05, 0.1) is 17.1 Å². The highest BCUT2D eigenvalue weighted by Crippen LogP contribution is 2.26. The van der Waals surface area contributed by atoms with Gasteiger partial charge in [-0.15, -0.1) is 0 Å². The third-order valence-corrected chi connectivity index (χ3v) is 3.32. The first-order valence-electron chi connectivity index (χ1n) is 6.21. The molecule has 1 aliphatic carbocycles. The second kappa shape index (κ2) is 5.77. The molecule has 1 aliphatic rings. The average molecular weight is 251 g/mol. The van der Waals surface area contributed by atoms with Crippen LogP contribution in [0.2, 0.25) is 0 Å². The maximum absolute atomic E-state index is 10.9. The molecular formula is C12H17N3O3. The number of rotatable bonds is 3. The third kappa shape index (κ3) is 2.95. The number of aromatic nitrogens is 1. The minimum absolute atomic E-state index is 0.0473. The van der Waals surface area contributed by atoms with Gasteiger partial charge in [-0.3, -0.25) is 15.1 Å². The van der Waals surface area contributed by atoms with E-state index in [2.05, 4.69) is 10.3 Å². The SMILES string of the molecule is O=[N+]([O-])c1cnccc1NC1CCCCCC1O. The molecule has 0 aromatic carbocycles. The number of aliphatic hydroxyl groups excluding tert-OH is 1. The van der Waals surface area contributed by atoms with Crippen molar-refractivity contribution in [3.63, 3.8) is 0 Å². The maximum Gasteiger partial charge on any atom is 0.310 e. The summed E-state index contributed by atoms with van der Waals surface area (Å²) < 4.78 is 0. The van der Waals surface area contributed by atoms with E-state index in [4.69, 9.17) is 0 Å². The smallest absolute Gasteiger partial charge is 0.310 e. The number of hydrogen-bond acceptors (Lipinski definition) is 5. The van der Waals surface area contributed by atoms with Crippen molar-refractivity contribution < 1.29 is 10.0 Å². The highest BCUT2D eigenvalue weighted by atomic mass is 16.6. The second-order valence-corrected chi connectivity index (χ2v) is 4.61. The Kier molecular flexibility index (Phi) is 4.09. The molecule has 1 aromatic rings. The molecule has 6 heteroatoms. The van der Waals surface area contributed by atoms with Crippen LogP contribution in [0, 0.1) is 10.1 Å². The lowest BCUT2D eigenvalue weighted by atomic mass is 10.1. The van der Waals surface area contributed by atoms with Gasteiger partial charge in [0, 0.05) is 6.20 Å². The van der Waals surface area contributed by atoms with Crippen LogP contribution in [-0.2, 0) is 0 Å². The molecule has 2 unspecified atom stereocenters. The Morgan fingerprint density at radius 2 is 2.17 bits per heavy atom. The Hall–Kier alpha value is -1.69. The zero-order chi connectivity index (χ0) is 13.0. The molecule has 2 atom stereocenters. The van der Waals surface area contributed by atoms with E-state index in [1.165, 1.54) is 12.4 Å². The van der Waals surface area contributed by atoms with E-state index in [0.717, 1.165) is 32.1 Å². The molecule has 6 nitrogen and oxygen atoms in total. The number of nitrogens with zero attached hydrogens (tertiary/aromatic N) is 2. The molecular weight excluding hydrogens is 234 g/mol. The fraction of sp³-hybridized carbons (Fsp3) is 0.583. The molecule has 2 N–H and O–H groups in total. The van der Waals surface area contributed by atoms with E-state index in [1.807, 2.05) is 0 Å². The van der Waals surface area contributed by atoms with Gasteiger partial charge in [0.1, 0.15) is 11.9 Å². The molecule has 0 saturated heterocycles. The van der Waals surface area contributed by atoms with E-state index >= 15 is 0 Å². The summed E-state index contributed by atoms with van der Waals surface area (Å²) in [6.07, 6.45) is 7.03. The molecule has 1 saturated carbocycles. The number of nitro groups is 1.